The Labute approximate surface area is 127 Å². The molecule has 3 rings (SSSR count). The van der Waals surface area contributed by atoms with Crippen molar-refractivity contribution in [1.29, 1.82) is 0 Å². The van der Waals surface area contributed by atoms with Gasteiger partial charge in [-0.15, -0.1) is 0 Å². The summed E-state index contributed by atoms with van der Waals surface area (Å²) in [5.74, 6) is 1.60. The van der Waals surface area contributed by atoms with Crippen molar-refractivity contribution in [3.8, 4) is 0 Å². The first kappa shape index (κ1) is 15.1. The molecule has 0 bridgehead atoms. The molecule has 1 aliphatic rings. The Morgan fingerprint density at radius 1 is 1.18 bits per heavy atom. The average molecular weight is 309 g/mol. The van der Waals surface area contributed by atoms with Gasteiger partial charge < -0.3 is 4.57 Å². The number of rotatable bonds is 4. The average Bonchev–Trinajstić information content (AvgIpc) is 2.81. The van der Waals surface area contributed by atoms with Gasteiger partial charge in [0.05, 0.1) is 5.56 Å². The maximum Gasteiger partial charge on any atom is 0.416 e. The molecule has 0 spiro atoms. The standard InChI is InChI=1S/C16H18F3N3/c1-12-20-6-7-22(12)11-14-9-21(10-14)8-13-2-4-15(5-3-13)16(17,18)19/h2-7,14H,8-11H2,1H3. The molecule has 0 aliphatic carbocycles. The Balaban J connectivity index is 1.49. The Morgan fingerprint density at radius 3 is 2.41 bits per heavy atom. The third kappa shape index (κ3) is 3.32. The van der Waals surface area contributed by atoms with Gasteiger partial charge in [-0.1, -0.05) is 12.1 Å². The molecule has 0 radical (unpaired) electrons. The zero-order valence-electron chi connectivity index (χ0n) is 12.3. The van der Waals surface area contributed by atoms with Crippen molar-refractivity contribution in [1.82, 2.24) is 14.5 Å². The SMILES string of the molecule is Cc1nccn1CC1CN(Cc2ccc(C(F)(F)F)cc2)C1. The van der Waals surface area contributed by atoms with Crippen LogP contribution in [0.1, 0.15) is 17.0 Å². The van der Waals surface area contributed by atoms with Crippen molar-refractivity contribution < 1.29 is 13.2 Å². The summed E-state index contributed by atoms with van der Waals surface area (Å²) >= 11 is 0. The number of alkyl halides is 3. The first-order valence-electron chi connectivity index (χ1n) is 7.28. The summed E-state index contributed by atoms with van der Waals surface area (Å²) in [6.45, 7) is 5.59. The maximum atomic E-state index is 12.5. The van der Waals surface area contributed by atoms with Crippen molar-refractivity contribution in [2.24, 2.45) is 5.92 Å². The molecule has 1 aliphatic heterocycles. The van der Waals surface area contributed by atoms with Crippen molar-refractivity contribution in [2.45, 2.75) is 26.2 Å². The number of nitrogens with zero attached hydrogens (tertiary/aromatic N) is 3. The molecule has 0 unspecified atom stereocenters. The third-order valence-corrected chi connectivity index (χ3v) is 4.10. The monoisotopic (exact) mass is 309 g/mol. The van der Waals surface area contributed by atoms with Gasteiger partial charge >= 0.3 is 6.18 Å². The maximum absolute atomic E-state index is 12.5. The van der Waals surface area contributed by atoms with Gasteiger partial charge in [0.15, 0.2) is 0 Å². The zero-order chi connectivity index (χ0) is 15.7. The summed E-state index contributed by atoms with van der Waals surface area (Å²) in [7, 11) is 0. The Bertz CT molecular complexity index is 625. The first-order valence-corrected chi connectivity index (χ1v) is 7.28. The second-order valence-electron chi connectivity index (χ2n) is 5.88. The highest BCUT2D eigenvalue weighted by molar-refractivity contribution is 5.24. The molecule has 1 aromatic carbocycles. The summed E-state index contributed by atoms with van der Waals surface area (Å²) in [5, 5.41) is 0. The molecule has 2 aromatic rings. The molecule has 2 heterocycles. The highest BCUT2D eigenvalue weighted by atomic mass is 19.4. The van der Waals surface area contributed by atoms with Gasteiger partial charge in [-0.05, 0) is 24.6 Å². The van der Waals surface area contributed by atoms with E-state index in [1.54, 1.807) is 18.3 Å². The lowest BCUT2D eigenvalue weighted by atomic mass is 9.99. The molecule has 0 saturated carbocycles. The molecule has 0 amide bonds. The summed E-state index contributed by atoms with van der Waals surface area (Å²) < 4.78 is 39.7. The van der Waals surface area contributed by atoms with Crippen LogP contribution in [-0.2, 0) is 19.3 Å². The van der Waals surface area contributed by atoms with Crippen LogP contribution in [0.15, 0.2) is 36.7 Å². The fraction of sp³-hybridized carbons (Fsp3) is 0.438. The lowest BCUT2D eigenvalue weighted by Crippen LogP contribution is -2.47. The number of hydrogen-bond donors (Lipinski definition) is 0. The smallest absolute Gasteiger partial charge is 0.335 e. The molecular weight excluding hydrogens is 291 g/mol. The third-order valence-electron chi connectivity index (χ3n) is 4.10. The Hall–Kier alpha value is -1.82. The summed E-state index contributed by atoms with van der Waals surface area (Å²) in [6.07, 6.45) is -0.481. The van der Waals surface area contributed by atoms with E-state index >= 15 is 0 Å². The van der Waals surface area contributed by atoms with Crippen molar-refractivity contribution in [2.75, 3.05) is 13.1 Å². The normalized spacial score (nSPS) is 16.7. The number of imidazole rings is 1. The number of aromatic nitrogens is 2. The van der Waals surface area contributed by atoms with Crippen molar-refractivity contribution >= 4 is 0 Å². The Morgan fingerprint density at radius 2 is 1.86 bits per heavy atom. The van der Waals surface area contributed by atoms with Crippen LogP contribution in [0, 0.1) is 12.8 Å². The Kier molecular flexibility index (Phi) is 3.95. The molecule has 3 nitrogen and oxygen atoms in total. The van der Waals surface area contributed by atoms with Gasteiger partial charge in [0.2, 0.25) is 0 Å². The lowest BCUT2D eigenvalue weighted by Gasteiger charge is -2.39. The van der Waals surface area contributed by atoms with Gasteiger partial charge in [-0.25, -0.2) is 4.98 Å². The van der Waals surface area contributed by atoms with E-state index in [2.05, 4.69) is 14.5 Å². The van der Waals surface area contributed by atoms with E-state index in [1.165, 1.54) is 0 Å². The van der Waals surface area contributed by atoms with E-state index in [-0.39, 0.29) is 0 Å². The number of hydrogen-bond acceptors (Lipinski definition) is 2. The van der Waals surface area contributed by atoms with Gasteiger partial charge in [0, 0.05) is 44.5 Å². The van der Waals surface area contributed by atoms with Crippen molar-refractivity contribution in [3.05, 3.63) is 53.6 Å². The van der Waals surface area contributed by atoms with Crippen LogP contribution in [0.5, 0.6) is 0 Å². The zero-order valence-corrected chi connectivity index (χ0v) is 12.3. The van der Waals surface area contributed by atoms with E-state index in [9.17, 15) is 13.2 Å². The van der Waals surface area contributed by atoms with E-state index in [1.807, 2.05) is 13.1 Å². The second kappa shape index (κ2) is 5.76. The molecule has 0 N–H and O–H groups in total. The molecule has 22 heavy (non-hydrogen) atoms. The van der Waals surface area contributed by atoms with E-state index in [0.29, 0.717) is 12.5 Å². The van der Waals surface area contributed by atoms with Crippen LogP contribution in [0.25, 0.3) is 0 Å². The number of halogens is 3. The van der Waals surface area contributed by atoms with Crippen LogP contribution in [0.3, 0.4) is 0 Å². The highest BCUT2D eigenvalue weighted by Crippen LogP contribution is 2.29. The molecule has 0 atom stereocenters. The van der Waals surface area contributed by atoms with Crippen LogP contribution < -0.4 is 0 Å². The van der Waals surface area contributed by atoms with Crippen LogP contribution in [0.4, 0.5) is 13.2 Å². The summed E-state index contributed by atoms with van der Waals surface area (Å²) in [5.41, 5.74) is 0.332. The molecule has 1 aromatic heterocycles. The minimum absolute atomic E-state index is 0.586. The van der Waals surface area contributed by atoms with Gasteiger partial charge in [0.1, 0.15) is 5.82 Å². The fourth-order valence-corrected chi connectivity index (χ4v) is 2.85. The summed E-state index contributed by atoms with van der Waals surface area (Å²) in [4.78, 5) is 6.45. The largest absolute Gasteiger partial charge is 0.416 e. The van der Waals surface area contributed by atoms with Crippen molar-refractivity contribution in [3.63, 3.8) is 0 Å². The molecule has 6 heteroatoms. The molecule has 118 valence electrons. The van der Waals surface area contributed by atoms with Crippen LogP contribution >= 0.6 is 0 Å². The fourth-order valence-electron chi connectivity index (χ4n) is 2.85. The minimum Gasteiger partial charge on any atom is -0.335 e. The van der Waals surface area contributed by atoms with Gasteiger partial charge in [-0.3, -0.25) is 4.90 Å². The second-order valence-corrected chi connectivity index (χ2v) is 5.88. The molecular formula is C16H18F3N3. The highest BCUT2D eigenvalue weighted by Gasteiger charge is 2.30. The predicted octanol–water partition coefficient (Wildman–Crippen LogP) is 3.34. The van der Waals surface area contributed by atoms with Gasteiger partial charge in [-0.2, -0.15) is 13.2 Å². The number of benzene rings is 1. The van der Waals surface area contributed by atoms with Gasteiger partial charge in [0.25, 0.3) is 0 Å². The van der Waals surface area contributed by atoms with Crippen LogP contribution in [-0.4, -0.2) is 27.5 Å². The summed E-state index contributed by atoms with van der Waals surface area (Å²) in [6, 6.07) is 5.44. The van der Waals surface area contributed by atoms with E-state index in [0.717, 1.165) is 43.2 Å². The topological polar surface area (TPSA) is 21.1 Å². The molecule has 1 fully saturated rings. The predicted molar refractivity (Wildman–Crippen MR) is 77.2 cm³/mol. The number of likely N-dealkylation sites (tertiary alicyclic amines) is 1. The lowest BCUT2D eigenvalue weighted by molar-refractivity contribution is -0.137. The minimum atomic E-state index is -4.26. The molecule has 1 saturated heterocycles. The number of aryl methyl sites for hydroxylation is 1. The van der Waals surface area contributed by atoms with Crippen LogP contribution in [0.2, 0.25) is 0 Å². The van der Waals surface area contributed by atoms with E-state index < -0.39 is 11.7 Å². The first-order chi connectivity index (χ1) is 10.4. The quantitative estimate of drug-likeness (QED) is 0.863. The van der Waals surface area contributed by atoms with E-state index in [4.69, 9.17) is 0 Å².